The van der Waals surface area contributed by atoms with Crippen LogP contribution in [0.3, 0.4) is 0 Å². The van der Waals surface area contributed by atoms with E-state index in [2.05, 4.69) is 16.0 Å². The number of rotatable bonds is 14. The largest absolute Gasteiger partial charge is 0.458 e. The summed E-state index contributed by atoms with van der Waals surface area (Å²) in [4.78, 5) is 89.6. The van der Waals surface area contributed by atoms with Gasteiger partial charge in [0, 0.05) is 38.0 Å². The molecule has 4 aromatic carbocycles. The lowest BCUT2D eigenvalue weighted by Gasteiger charge is -2.51. The minimum Gasteiger partial charge on any atom is -0.458 e. The van der Waals surface area contributed by atoms with Crippen LogP contribution in [0.25, 0.3) is 21.5 Å². The average molecular weight is 858 g/mol. The Bertz CT molecular complexity index is 2210. The molecule has 0 aliphatic heterocycles. The zero-order valence-electron chi connectivity index (χ0n) is 36.6. The van der Waals surface area contributed by atoms with E-state index in [1.165, 1.54) is 0 Å². The van der Waals surface area contributed by atoms with Crippen LogP contribution < -0.4 is 16.0 Å². The maximum atomic E-state index is 14.9. The number of amides is 4. The fraction of sp³-hybridized carbons (Fsp3) is 0.480. The Morgan fingerprint density at radius 2 is 0.905 bits per heavy atom. The Kier molecular flexibility index (Phi) is 13.2. The van der Waals surface area contributed by atoms with Gasteiger partial charge in [-0.3, -0.25) is 24.5 Å². The van der Waals surface area contributed by atoms with E-state index in [4.69, 9.17) is 9.47 Å². The topological polar surface area (TPSA) is 163 Å². The number of nitrogens with one attached hydrogen (secondary N) is 3. The molecule has 63 heavy (non-hydrogen) atoms. The van der Waals surface area contributed by atoms with Crippen molar-refractivity contribution in [3.8, 4) is 0 Å². The van der Waals surface area contributed by atoms with Gasteiger partial charge in [0.15, 0.2) is 0 Å². The monoisotopic (exact) mass is 857 g/mol. The molecule has 0 radical (unpaired) electrons. The summed E-state index contributed by atoms with van der Waals surface area (Å²) in [5, 5.41) is 12.1. The second-order valence-electron chi connectivity index (χ2n) is 18.6. The molecule has 332 valence electrons. The molecule has 13 nitrogen and oxygen atoms in total. The highest BCUT2D eigenvalue weighted by Crippen LogP contribution is 2.52. The molecule has 6 saturated carbocycles. The number of carbonyl (C=O) groups is 6. The molecular weight excluding hydrogens is 799 g/mol. The number of esters is 2. The lowest BCUT2D eigenvalue weighted by molar-refractivity contribution is -0.162. The molecule has 10 unspecified atom stereocenters. The van der Waals surface area contributed by atoms with Gasteiger partial charge < -0.3 is 29.9 Å². The van der Waals surface area contributed by atoms with Crippen molar-refractivity contribution in [3.05, 3.63) is 96.1 Å². The van der Waals surface area contributed by atoms with Crippen molar-refractivity contribution >= 4 is 57.1 Å². The number of likely N-dealkylation sites (N-methyl/N-ethyl adjacent to an activating group) is 2. The summed E-state index contributed by atoms with van der Waals surface area (Å²) in [6.07, 6.45) is 1.90. The van der Waals surface area contributed by atoms with Crippen molar-refractivity contribution in [3.63, 3.8) is 0 Å². The standard InChI is InChI=1S/C50H59N5O8/c1-54(2)25-23-51-45(56)41-31-19-21-37(39(27-31)62-49(60)35-17-9-13-29-11-5-7-15-33(29)35)43(41)47(58)53-48(59)44-38-22-20-32(42(44)46(57)52-24-26-55(3)4)28-40(38)63-50(61)36-18-10-14-30-12-6-8-16-34(30)36/h5-18,31-32,37-44H,19-28H2,1-4H3,(H,51,56)(H,52,57)(H,53,58,59). The Hall–Kier alpha value is -5.66. The molecule has 6 aliphatic rings. The molecule has 0 heterocycles. The van der Waals surface area contributed by atoms with Gasteiger partial charge in [-0.15, -0.1) is 0 Å². The van der Waals surface area contributed by atoms with Crippen LogP contribution in [0.1, 0.15) is 59.2 Å². The Morgan fingerprint density at radius 1 is 0.508 bits per heavy atom. The minimum absolute atomic E-state index is 0.270. The summed E-state index contributed by atoms with van der Waals surface area (Å²) in [6, 6.07) is 26.1. The fourth-order valence-electron chi connectivity index (χ4n) is 11.2. The summed E-state index contributed by atoms with van der Waals surface area (Å²) in [7, 11) is 7.64. The van der Waals surface area contributed by atoms with Crippen molar-refractivity contribution in [2.75, 3.05) is 54.4 Å². The molecule has 10 rings (SSSR count). The Labute approximate surface area is 368 Å². The van der Waals surface area contributed by atoms with Crippen LogP contribution in [-0.2, 0) is 28.7 Å². The van der Waals surface area contributed by atoms with Gasteiger partial charge in [-0.05, 0) is 112 Å². The van der Waals surface area contributed by atoms with Gasteiger partial charge in [-0.25, -0.2) is 9.59 Å². The normalized spacial score (nSPS) is 27.3. The van der Waals surface area contributed by atoms with Crippen LogP contribution in [-0.4, -0.2) is 112 Å². The molecule has 3 N–H and O–H groups in total. The first-order chi connectivity index (χ1) is 30.4. The van der Waals surface area contributed by atoms with Crippen LogP contribution >= 0.6 is 0 Å². The van der Waals surface area contributed by atoms with Gasteiger partial charge >= 0.3 is 11.9 Å². The van der Waals surface area contributed by atoms with E-state index < -0.39 is 71.5 Å². The maximum absolute atomic E-state index is 14.9. The number of carbonyl (C=O) groups excluding carboxylic acids is 6. The highest BCUT2D eigenvalue weighted by atomic mass is 16.5. The number of hydrogen-bond donors (Lipinski definition) is 3. The van der Waals surface area contributed by atoms with Crippen molar-refractivity contribution in [1.82, 2.24) is 25.8 Å². The highest BCUT2D eigenvalue weighted by molar-refractivity contribution is 6.06. The van der Waals surface area contributed by atoms with E-state index in [-0.39, 0.29) is 23.7 Å². The van der Waals surface area contributed by atoms with E-state index in [9.17, 15) is 28.8 Å². The summed E-state index contributed by atoms with van der Waals surface area (Å²) in [5.74, 6) is -7.86. The van der Waals surface area contributed by atoms with E-state index in [0.717, 1.165) is 21.5 Å². The van der Waals surface area contributed by atoms with Gasteiger partial charge in [0.05, 0.1) is 34.8 Å². The molecular formula is C50H59N5O8. The van der Waals surface area contributed by atoms with Crippen LogP contribution in [0, 0.1) is 47.3 Å². The van der Waals surface area contributed by atoms with E-state index in [1.54, 1.807) is 12.1 Å². The zero-order valence-corrected chi connectivity index (χ0v) is 36.6. The molecule has 0 aromatic heterocycles. The first-order valence-electron chi connectivity index (χ1n) is 22.5. The second kappa shape index (κ2) is 19.0. The molecule has 4 amide bonds. The summed E-state index contributed by atoms with van der Waals surface area (Å²) in [5.41, 5.74) is 0.836. The van der Waals surface area contributed by atoms with Crippen LogP contribution in [0.4, 0.5) is 0 Å². The van der Waals surface area contributed by atoms with Gasteiger partial charge in [0.25, 0.3) is 0 Å². The molecule has 6 aliphatic carbocycles. The molecule has 4 aromatic rings. The quantitative estimate of drug-likeness (QED) is 0.115. The van der Waals surface area contributed by atoms with E-state index in [1.807, 2.05) is 111 Å². The van der Waals surface area contributed by atoms with Gasteiger partial charge in [0.1, 0.15) is 12.2 Å². The number of imide groups is 1. The number of nitrogens with zero attached hydrogens (tertiary/aromatic N) is 2. The number of hydrogen-bond acceptors (Lipinski definition) is 10. The highest BCUT2D eigenvalue weighted by Gasteiger charge is 2.58. The molecule has 6 fully saturated rings. The van der Waals surface area contributed by atoms with Crippen LogP contribution in [0.15, 0.2) is 84.9 Å². The van der Waals surface area contributed by atoms with E-state index in [0.29, 0.717) is 75.8 Å². The van der Waals surface area contributed by atoms with Gasteiger partial charge in [-0.1, -0.05) is 72.8 Å². The lowest BCUT2D eigenvalue weighted by Crippen LogP contribution is -2.62. The van der Waals surface area contributed by atoms with Crippen molar-refractivity contribution in [2.24, 2.45) is 47.3 Å². The Balaban J connectivity index is 1.06. The smallest absolute Gasteiger partial charge is 0.339 e. The first-order valence-corrected chi connectivity index (χ1v) is 22.5. The third-order valence-corrected chi connectivity index (χ3v) is 14.2. The van der Waals surface area contributed by atoms with Gasteiger partial charge in [0.2, 0.25) is 23.6 Å². The van der Waals surface area contributed by atoms with E-state index >= 15 is 0 Å². The molecule has 10 atom stereocenters. The maximum Gasteiger partial charge on any atom is 0.339 e. The molecule has 0 saturated heterocycles. The number of benzene rings is 4. The molecule has 0 spiro atoms. The van der Waals surface area contributed by atoms with Gasteiger partial charge in [-0.2, -0.15) is 0 Å². The molecule has 4 bridgehead atoms. The Morgan fingerprint density at radius 3 is 1.32 bits per heavy atom. The van der Waals surface area contributed by atoms with Crippen LogP contribution in [0.5, 0.6) is 0 Å². The summed E-state index contributed by atoms with van der Waals surface area (Å²) >= 11 is 0. The summed E-state index contributed by atoms with van der Waals surface area (Å²) < 4.78 is 12.5. The predicted octanol–water partition coefficient (Wildman–Crippen LogP) is 5.07. The molecule has 13 heteroatoms. The first kappa shape index (κ1) is 44.0. The van der Waals surface area contributed by atoms with Crippen molar-refractivity contribution in [2.45, 2.75) is 50.7 Å². The second-order valence-corrected chi connectivity index (χ2v) is 18.6. The lowest BCUT2D eigenvalue weighted by atomic mass is 9.56. The minimum atomic E-state index is -0.973. The SMILES string of the molecule is CN(C)CCNC(=O)C1C2CCC(C(OC(=O)c3cccc4ccccc34)C2)C1C(=O)NC(=O)C1C2CCC(CC2OC(=O)c2cccc3ccccc23)C1C(=O)NCCN(C)C. The third kappa shape index (κ3) is 9.22. The van der Waals surface area contributed by atoms with Crippen molar-refractivity contribution < 1.29 is 38.2 Å². The zero-order chi connectivity index (χ0) is 44.4. The number of fused-ring (bicyclic) bond motifs is 8. The van der Waals surface area contributed by atoms with Crippen molar-refractivity contribution in [1.29, 1.82) is 0 Å². The number of ether oxygens (including phenoxy) is 2. The third-order valence-electron chi connectivity index (χ3n) is 14.2. The summed E-state index contributed by atoms with van der Waals surface area (Å²) in [6.45, 7) is 1.95. The predicted molar refractivity (Wildman–Crippen MR) is 238 cm³/mol. The van der Waals surface area contributed by atoms with Crippen LogP contribution in [0.2, 0.25) is 0 Å². The average Bonchev–Trinajstić information content (AvgIpc) is 3.28. The fourth-order valence-corrected chi connectivity index (χ4v) is 11.2.